The molecule has 3 N–H and O–H groups in total. The Labute approximate surface area is 120 Å². The average molecular weight is 295 g/mol. The fourth-order valence-corrected chi connectivity index (χ4v) is 2.35. The molecule has 20 heavy (non-hydrogen) atoms. The van der Waals surface area contributed by atoms with Gasteiger partial charge in [-0.05, 0) is 11.4 Å². The molecule has 7 nitrogen and oxygen atoms in total. The van der Waals surface area contributed by atoms with Gasteiger partial charge in [-0.3, -0.25) is 4.79 Å². The first-order chi connectivity index (χ1) is 9.58. The lowest BCUT2D eigenvalue weighted by Crippen LogP contribution is -2.38. The van der Waals surface area contributed by atoms with Crippen LogP contribution in [0.3, 0.4) is 0 Å². The summed E-state index contributed by atoms with van der Waals surface area (Å²) in [6, 6.07) is 1.70. The second-order valence-corrected chi connectivity index (χ2v) is 5.37. The molecule has 2 aromatic heterocycles. The van der Waals surface area contributed by atoms with Crippen molar-refractivity contribution in [2.45, 2.75) is 6.54 Å². The van der Waals surface area contributed by atoms with E-state index in [1.54, 1.807) is 14.1 Å². The van der Waals surface area contributed by atoms with Crippen LogP contribution >= 0.6 is 11.3 Å². The molecule has 2 aromatic rings. The van der Waals surface area contributed by atoms with Crippen molar-refractivity contribution in [3.05, 3.63) is 27.6 Å². The molecule has 0 saturated heterocycles. The van der Waals surface area contributed by atoms with Crippen LogP contribution in [0.2, 0.25) is 0 Å². The number of aromatic amines is 1. The van der Waals surface area contributed by atoms with Gasteiger partial charge in [0.05, 0.1) is 12.1 Å². The second-order valence-electron chi connectivity index (χ2n) is 4.45. The molecule has 2 amide bonds. The predicted molar refractivity (Wildman–Crippen MR) is 79.0 cm³/mol. The topological polar surface area (TPSA) is 90.1 Å². The molecule has 0 aliphatic rings. The molecule has 0 atom stereocenters. The van der Waals surface area contributed by atoms with Gasteiger partial charge in [0.1, 0.15) is 10.5 Å². The highest BCUT2D eigenvalue weighted by atomic mass is 32.1. The summed E-state index contributed by atoms with van der Waals surface area (Å²) in [4.78, 5) is 31.6. The number of carbonyl (C=O) groups is 1. The van der Waals surface area contributed by atoms with E-state index in [4.69, 9.17) is 0 Å². The highest BCUT2D eigenvalue weighted by Gasteiger charge is 2.05. The number of carbonyl (C=O) groups excluding carboxylic acids is 1. The van der Waals surface area contributed by atoms with Crippen LogP contribution in [0, 0.1) is 0 Å². The zero-order valence-corrected chi connectivity index (χ0v) is 12.2. The van der Waals surface area contributed by atoms with Gasteiger partial charge in [0.15, 0.2) is 0 Å². The van der Waals surface area contributed by atoms with Gasteiger partial charge in [-0.1, -0.05) is 0 Å². The van der Waals surface area contributed by atoms with Crippen LogP contribution in [-0.2, 0) is 6.54 Å². The number of urea groups is 1. The van der Waals surface area contributed by atoms with Gasteiger partial charge in [0.25, 0.3) is 5.56 Å². The highest BCUT2D eigenvalue weighted by molar-refractivity contribution is 7.17. The number of aromatic nitrogens is 2. The summed E-state index contributed by atoms with van der Waals surface area (Å²) in [6.07, 6.45) is 0. The Hall–Kier alpha value is -1.93. The van der Waals surface area contributed by atoms with Crippen LogP contribution in [-0.4, -0.2) is 48.1 Å². The fourth-order valence-electron chi connectivity index (χ4n) is 1.63. The Balaban J connectivity index is 1.81. The molecule has 0 aliphatic heterocycles. The third kappa shape index (κ3) is 3.55. The molecular weight excluding hydrogens is 278 g/mol. The number of nitrogens with zero attached hydrogens (tertiary/aromatic N) is 2. The summed E-state index contributed by atoms with van der Waals surface area (Å²) < 4.78 is 0.645. The molecule has 0 fully saturated rings. The molecule has 2 heterocycles. The monoisotopic (exact) mass is 295 g/mol. The molecule has 0 unspecified atom stereocenters. The molecule has 2 rings (SSSR count). The van der Waals surface area contributed by atoms with Crippen molar-refractivity contribution in [1.82, 2.24) is 25.5 Å². The lowest BCUT2D eigenvalue weighted by molar-refractivity contribution is 0.217. The molecule has 0 aromatic carbocycles. The number of hydrogen-bond acceptors (Lipinski definition) is 5. The van der Waals surface area contributed by atoms with Crippen molar-refractivity contribution >= 4 is 27.6 Å². The van der Waals surface area contributed by atoms with Crippen molar-refractivity contribution in [2.24, 2.45) is 0 Å². The van der Waals surface area contributed by atoms with E-state index < -0.39 is 0 Å². The Morgan fingerprint density at radius 3 is 3.00 bits per heavy atom. The third-order valence-corrected chi connectivity index (χ3v) is 3.54. The van der Waals surface area contributed by atoms with Gasteiger partial charge in [0.2, 0.25) is 0 Å². The maximum Gasteiger partial charge on any atom is 0.316 e. The van der Waals surface area contributed by atoms with Crippen LogP contribution in [0.5, 0.6) is 0 Å². The summed E-state index contributed by atoms with van der Waals surface area (Å²) in [6.45, 7) is 1.58. The van der Waals surface area contributed by atoms with Crippen LogP contribution < -0.4 is 16.2 Å². The Kier molecular flexibility index (Phi) is 4.70. The Morgan fingerprint density at radius 2 is 2.25 bits per heavy atom. The first-order valence-electron chi connectivity index (χ1n) is 6.20. The number of fused-ring (bicyclic) bond motifs is 1. The van der Waals surface area contributed by atoms with Gasteiger partial charge in [-0.2, -0.15) is 0 Å². The van der Waals surface area contributed by atoms with E-state index in [0.717, 1.165) is 5.52 Å². The van der Waals surface area contributed by atoms with E-state index in [0.29, 0.717) is 30.2 Å². The molecule has 0 saturated carbocycles. The first kappa shape index (κ1) is 14.5. The minimum Gasteiger partial charge on any atom is -0.337 e. The van der Waals surface area contributed by atoms with Gasteiger partial charge in [-0.25, -0.2) is 9.78 Å². The predicted octanol–water partition coefficient (Wildman–Crippen LogP) is 0.345. The van der Waals surface area contributed by atoms with Crippen molar-refractivity contribution in [2.75, 3.05) is 27.2 Å². The quantitative estimate of drug-likeness (QED) is 0.694. The smallest absolute Gasteiger partial charge is 0.316 e. The average Bonchev–Trinajstić information content (AvgIpc) is 2.86. The van der Waals surface area contributed by atoms with Crippen molar-refractivity contribution in [1.29, 1.82) is 0 Å². The molecule has 108 valence electrons. The zero-order valence-electron chi connectivity index (χ0n) is 11.4. The molecule has 0 bridgehead atoms. The van der Waals surface area contributed by atoms with E-state index in [-0.39, 0.29) is 11.6 Å². The van der Waals surface area contributed by atoms with Crippen molar-refractivity contribution in [3.8, 4) is 0 Å². The van der Waals surface area contributed by atoms with Gasteiger partial charge in [-0.15, -0.1) is 11.3 Å². The molecule has 0 aliphatic carbocycles. The van der Waals surface area contributed by atoms with Gasteiger partial charge in [0, 0.05) is 27.2 Å². The fraction of sp³-hybridized carbons (Fsp3) is 0.417. The Bertz CT molecular complexity index is 649. The zero-order chi connectivity index (χ0) is 14.5. The van der Waals surface area contributed by atoms with Crippen molar-refractivity contribution in [3.63, 3.8) is 0 Å². The SMILES string of the molecule is CN(C)C(=O)NCCNCc1nc2ccsc2c(=O)[nH]1. The van der Waals surface area contributed by atoms with Gasteiger partial charge < -0.3 is 20.5 Å². The molecule has 8 heteroatoms. The minimum atomic E-state index is -0.127. The number of hydrogen-bond donors (Lipinski definition) is 3. The van der Waals surface area contributed by atoms with E-state index in [2.05, 4.69) is 20.6 Å². The molecule has 0 radical (unpaired) electrons. The molecule has 0 spiro atoms. The first-order valence-corrected chi connectivity index (χ1v) is 7.08. The minimum absolute atomic E-state index is 0.109. The third-order valence-electron chi connectivity index (χ3n) is 2.64. The number of nitrogens with one attached hydrogen (secondary N) is 3. The van der Waals surface area contributed by atoms with Crippen LogP contribution in [0.25, 0.3) is 10.2 Å². The second kappa shape index (κ2) is 6.49. The van der Waals surface area contributed by atoms with E-state index in [1.165, 1.54) is 16.2 Å². The number of H-pyrrole nitrogens is 1. The summed E-state index contributed by atoms with van der Waals surface area (Å²) in [5.74, 6) is 0.597. The molecular formula is C12H17N5O2S. The maximum absolute atomic E-state index is 11.7. The van der Waals surface area contributed by atoms with Crippen LogP contribution in [0.1, 0.15) is 5.82 Å². The largest absolute Gasteiger partial charge is 0.337 e. The van der Waals surface area contributed by atoms with E-state index in [9.17, 15) is 9.59 Å². The highest BCUT2D eigenvalue weighted by Crippen LogP contribution is 2.13. The lowest BCUT2D eigenvalue weighted by Gasteiger charge is -2.12. The van der Waals surface area contributed by atoms with Gasteiger partial charge >= 0.3 is 6.03 Å². The maximum atomic E-state index is 11.7. The van der Waals surface area contributed by atoms with E-state index in [1.807, 2.05) is 11.4 Å². The van der Waals surface area contributed by atoms with Crippen LogP contribution in [0.15, 0.2) is 16.2 Å². The van der Waals surface area contributed by atoms with Crippen LogP contribution in [0.4, 0.5) is 4.79 Å². The standard InChI is InChI=1S/C12H17N5O2S/c1-17(2)12(19)14-5-4-13-7-9-15-8-3-6-20-10(8)11(18)16-9/h3,6,13H,4-5,7H2,1-2H3,(H,14,19)(H,15,16,18). The number of amides is 2. The summed E-state index contributed by atoms with van der Waals surface area (Å²) in [5.41, 5.74) is 0.610. The summed E-state index contributed by atoms with van der Waals surface area (Å²) in [5, 5.41) is 7.70. The number of thiophene rings is 1. The summed E-state index contributed by atoms with van der Waals surface area (Å²) in [7, 11) is 3.38. The normalized spacial score (nSPS) is 10.7. The van der Waals surface area contributed by atoms with Crippen molar-refractivity contribution < 1.29 is 4.79 Å². The Morgan fingerprint density at radius 1 is 1.45 bits per heavy atom. The number of rotatable bonds is 5. The lowest BCUT2D eigenvalue weighted by atomic mass is 10.4. The van der Waals surface area contributed by atoms with E-state index >= 15 is 0 Å². The summed E-state index contributed by atoms with van der Waals surface area (Å²) >= 11 is 1.38.